The summed E-state index contributed by atoms with van der Waals surface area (Å²) in [5, 5.41) is 3.19. The first-order chi connectivity index (χ1) is 7.31. The number of hydrogen-bond acceptors (Lipinski definition) is 5. The molecule has 1 saturated carbocycles. The molecule has 0 spiro atoms. The molecule has 3 unspecified atom stereocenters. The van der Waals surface area contributed by atoms with E-state index < -0.39 is 0 Å². The lowest BCUT2D eigenvalue weighted by Crippen LogP contribution is -2.60. The van der Waals surface area contributed by atoms with Crippen LogP contribution in [0.15, 0.2) is 18.5 Å². The third-order valence-corrected chi connectivity index (χ3v) is 2.61. The van der Waals surface area contributed by atoms with Crippen LogP contribution in [0.2, 0.25) is 0 Å². The van der Waals surface area contributed by atoms with Gasteiger partial charge in [-0.3, -0.25) is 0 Å². The second-order valence-electron chi connectivity index (χ2n) is 3.64. The van der Waals surface area contributed by atoms with E-state index >= 15 is 0 Å². The molecule has 1 aromatic heterocycles. The summed E-state index contributed by atoms with van der Waals surface area (Å²) in [4.78, 5) is 8.19. The average Bonchev–Trinajstić information content (AvgIpc) is 2.27. The number of ether oxygens (including phenoxy) is 1. The first-order valence-electron chi connectivity index (χ1n) is 5.22. The van der Waals surface area contributed by atoms with Gasteiger partial charge in [-0.25, -0.2) is 9.97 Å². The number of nitrogens with two attached hydrogens (primary N) is 1. The Hall–Kier alpha value is -1.20. The topological polar surface area (TPSA) is 73.1 Å². The number of hydrogen-bond donors (Lipinski definition) is 2. The van der Waals surface area contributed by atoms with Gasteiger partial charge in [0.05, 0.1) is 12.1 Å². The molecule has 5 nitrogen and oxygen atoms in total. The molecule has 1 aliphatic carbocycles. The van der Waals surface area contributed by atoms with Gasteiger partial charge >= 0.3 is 0 Å². The lowest BCUT2D eigenvalue weighted by atomic mass is 9.83. The van der Waals surface area contributed by atoms with Crippen molar-refractivity contribution in [3.05, 3.63) is 18.5 Å². The van der Waals surface area contributed by atoms with Crippen LogP contribution in [-0.2, 0) is 4.74 Å². The third kappa shape index (κ3) is 2.24. The maximum absolute atomic E-state index is 5.89. The van der Waals surface area contributed by atoms with Gasteiger partial charge in [0.15, 0.2) is 0 Å². The first-order valence-corrected chi connectivity index (χ1v) is 5.22. The molecule has 3 atom stereocenters. The van der Waals surface area contributed by atoms with Crippen LogP contribution in [0, 0.1) is 0 Å². The lowest BCUT2D eigenvalue weighted by molar-refractivity contribution is -0.0128. The van der Waals surface area contributed by atoms with E-state index in [4.69, 9.17) is 10.5 Å². The second-order valence-corrected chi connectivity index (χ2v) is 3.64. The van der Waals surface area contributed by atoms with Gasteiger partial charge in [0.2, 0.25) is 5.95 Å². The predicted octanol–water partition coefficient (Wildman–Crippen LogP) is 0.393. The SMILES string of the molecule is CCOC1CC(N)C1Nc1ncccn1. The highest BCUT2D eigenvalue weighted by Crippen LogP contribution is 2.24. The highest BCUT2D eigenvalue weighted by molar-refractivity contribution is 5.28. The smallest absolute Gasteiger partial charge is 0.222 e. The number of aromatic nitrogens is 2. The van der Waals surface area contributed by atoms with Crippen LogP contribution in [0.3, 0.4) is 0 Å². The van der Waals surface area contributed by atoms with Gasteiger partial charge in [-0.2, -0.15) is 0 Å². The zero-order valence-electron chi connectivity index (χ0n) is 8.76. The minimum Gasteiger partial charge on any atom is -0.376 e. The molecule has 1 heterocycles. The molecule has 15 heavy (non-hydrogen) atoms. The maximum Gasteiger partial charge on any atom is 0.222 e. The van der Waals surface area contributed by atoms with E-state index in [1.807, 2.05) is 6.92 Å². The van der Waals surface area contributed by atoms with E-state index in [9.17, 15) is 0 Å². The molecule has 0 amide bonds. The molecule has 1 aliphatic rings. The standard InChI is InChI=1S/C10H16N4O/c1-2-15-8-6-7(11)9(8)14-10-12-4-3-5-13-10/h3-5,7-9H,2,6,11H2,1H3,(H,12,13,14). The summed E-state index contributed by atoms with van der Waals surface area (Å²) in [5.41, 5.74) is 5.89. The molecule has 0 radical (unpaired) electrons. The van der Waals surface area contributed by atoms with Crippen molar-refractivity contribution in [2.75, 3.05) is 11.9 Å². The fourth-order valence-electron chi connectivity index (χ4n) is 1.75. The fraction of sp³-hybridized carbons (Fsp3) is 0.600. The van der Waals surface area contributed by atoms with Crippen molar-refractivity contribution in [1.82, 2.24) is 9.97 Å². The number of anilines is 1. The van der Waals surface area contributed by atoms with Crippen LogP contribution in [0.25, 0.3) is 0 Å². The molecule has 0 aromatic carbocycles. The van der Waals surface area contributed by atoms with Gasteiger partial charge in [-0.15, -0.1) is 0 Å². The van der Waals surface area contributed by atoms with Crippen LogP contribution in [0.1, 0.15) is 13.3 Å². The van der Waals surface area contributed by atoms with E-state index in [1.54, 1.807) is 18.5 Å². The number of rotatable bonds is 4. The Morgan fingerprint density at radius 3 is 2.87 bits per heavy atom. The van der Waals surface area contributed by atoms with Gasteiger partial charge in [-0.1, -0.05) is 0 Å². The zero-order valence-corrected chi connectivity index (χ0v) is 8.76. The van der Waals surface area contributed by atoms with Crippen molar-refractivity contribution in [3.63, 3.8) is 0 Å². The molecule has 82 valence electrons. The highest BCUT2D eigenvalue weighted by atomic mass is 16.5. The normalized spacial score (nSPS) is 29.6. The van der Waals surface area contributed by atoms with E-state index in [0.29, 0.717) is 12.6 Å². The van der Waals surface area contributed by atoms with E-state index in [2.05, 4.69) is 15.3 Å². The van der Waals surface area contributed by atoms with Gasteiger partial charge in [0.1, 0.15) is 0 Å². The Morgan fingerprint density at radius 1 is 1.53 bits per heavy atom. The summed E-state index contributed by atoms with van der Waals surface area (Å²) in [6.45, 7) is 2.70. The van der Waals surface area contributed by atoms with Gasteiger partial charge in [-0.05, 0) is 19.4 Å². The molecule has 3 N–H and O–H groups in total. The molecule has 0 bridgehead atoms. The molecule has 1 fully saturated rings. The summed E-state index contributed by atoms with van der Waals surface area (Å²) in [5.74, 6) is 0.613. The van der Waals surface area contributed by atoms with E-state index in [1.165, 1.54) is 0 Å². The zero-order chi connectivity index (χ0) is 10.7. The van der Waals surface area contributed by atoms with Crippen molar-refractivity contribution in [2.24, 2.45) is 5.73 Å². The first kappa shape index (κ1) is 10.3. The average molecular weight is 208 g/mol. The second kappa shape index (κ2) is 4.55. The van der Waals surface area contributed by atoms with Crippen LogP contribution < -0.4 is 11.1 Å². The monoisotopic (exact) mass is 208 g/mol. The highest BCUT2D eigenvalue weighted by Gasteiger charge is 2.39. The van der Waals surface area contributed by atoms with Crippen molar-refractivity contribution < 1.29 is 4.74 Å². The Balaban J connectivity index is 1.93. The molecule has 5 heteroatoms. The molecular weight excluding hydrogens is 192 g/mol. The summed E-state index contributed by atoms with van der Waals surface area (Å²) < 4.78 is 5.53. The summed E-state index contributed by atoms with van der Waals surface area (Å²) >= 11 is 0. The van der Waals surface area contributed by atoms with Gasteiger partial charge < -0.3 is 15.8 Å². The van der Waals surface area contributed by atoms with Gasteiger partial charge in [0.25, 0.3) is 0 Å². The summed E-state index contributed by atoms with van der Waals surface area (Å²) in [6, 6.07) is 2.05. The summed E-state index contributed by atoms with van der Waals surface area (Å²) in [7, 11) is 0. The van der Waals surface area contributed by atoms with Crippen LogP contribution in [0.4, 0.5) is 5.95 Å². The Kier molecular flexibility index (Phi) is 3.13. The van der Waals surface area contributed by atoms with Crippen molar-refractivity contribution >= 4 is 5.95 Å². The minimum atomic E-state index is 0.130. The fourth-order valence-corrected chi connectivity index (χ4v) is 1.75. The molecular formula is C10H16N4O. The van der Waals surface area contributed by atoms with E-state index in [0.717, 1.165) is 6.42 Å². The third-order valence-electron chi connectivity index (χ3n) is 2.61. The van der Waals surface area contributed by atoms with Gasteiger partial charge in [0, 0.05) is 25.0 Å². The lowest BCUT2D eigenvalue weighted by Gasteiger charge is -2.42. The summed E-state index contributed by atoms with van der Waals surface area (Å²) in [6.07, 6.45) is 4.50. The largest absolute Gasteiger partial charge is 0.376 e. The van der Waals surface area contributed by atoms with Crippen molar-refractivity contribution in [2.45, 2.75) is 31.5 Å². The van der Waals surface area contributed by atoms with Crippen LogP contribution >= 0.6 is 0 Å². The van der Waals surface area contributed by atoms with Crippen LogP contribution in [0.5, 0.6) is 0 Å². The molecule has 0 aliphatic heterocycles. The predicted molar refractivity (Wildman–Crippen MR) is 57.4 cm³/mol. The van der Waals surface area contributed by atoms with Crippen molar-refractivity contribution in [1.29, 1.82) is 0 Å². The van der Waals surface area contributed by atoms with Crippen LogP contribution in [-0.4, -0.2) is 34.8 Å². The van der Waals surface area contributed by atoms with Crippen molar-refractivity contribution in [3.8, 4) is 0 Å². The quantitative estimate of drug-likeness (QED) is 0.749. The number of nitrogens with one attached hydrogen (secondary N) is 1. The molecule has 1 aromatic rings. The maximum atomic E-state index is 5.89. The number of nitrogens with zero attached hydrogens (tertiary/aromatic N) is 2. The van der Waals surface area contributed by atoms with E-state index in [-0.39, 0.29) is 18.2 Å². The molecule has 2 rings (SSSR count). The Bertz CT molecular complexity index is 304. The Morgan fingerprint density at radius 2 is 2.27 bits per heavy atom. The minimum absolute atomic E-state index is 0.130. The Labute approximate surface area is 89.1 Å². The molecule has 0 saturated heterocycles.